The Labute approximate surface area is 162 Å². The lowest BCUT2D eigenvalue weighted by molar-refractivity contribution is -0.123. The molecule has 3 rings (SSSR count). The first-order valence-corrected chi connectivity index (χ1v) is 9.85. The Hall–Kier alpha value is -2.82. The van der Waals surface area contributed by atoms with Gasteiger partial charge in [-0.1, -0.05) is 6.07 Å². The van der Waals surface area contributed by atoms with E-state index < -0.39 is 28.6 Å². The molecule has 1 aliphatic rings. The van der Waals surface area contributed by atoms with Crippen LogP contribution in [0.1, 0.15) is 5.56 Å². The Morgan fingerprint density at radius 2 is 1.89 bits per heavy atom. The molecule has 0 spiro atoms. The summed E-state index contributed by atoms with van der Waals surface area (Å²) < 4.78 is 42.5. The second-order valence-corrected chi connectivity index (χ2v) is 7.65. The molecule has 0 saturated carbocycles. The molecule has 150 valence electrons. The van der Waals surface area contributed by atoms with Crippen molar-refractivity contribution in [2.45, 2.75) is 17.5 Å². The number of sulfonamides is 1. The number of benzene rings is 2. The van der Waals surface area contributed by atoms with Crippen molar-refractivity contribution in [3.63, 3.8) is 0 Å². The Morgan fingerprint density at radius 3 is 2.57 bits per heavy atom. The van der Waals surface area contributed by atoms with E-state index in [1.807, 2.05) is 0 Å². The molecule has 1 amide bonds. The summed E-state index contributed by atoms with van der Waals surface area (Å²) in [5.74, 6) is 1.04. The highest BCUT2D eigenvalue weighted by atomic mass is 32.2. The van der Waals surface area contributed by atoms with Gasteiger partial charge in [0.25, 0.3) is 0 Å². The molecule has 3 N–H and O–H groups in total. The van der Waals surface area contributed by atoms with E-state index in [0.29, 0.717) is 17.2 Å². The number of aliphatic hydroxyl groups excluding tert-OH is 1. The fourth-order valence-electron chi connectivity index (χ4n) is 2.55. The number of aliphatic hydroxyl groups is 1. The summed E-state index contributed by atoms with van der Waals surface area (Å²) in [6.07, 6.45) is 0. The molecule has 2 aromatic carbocycles. The third-order valence-electron chi connectivity index (χ3n) is 4.07. The number of methoxy groups -OCH3 is 1. The molecule has 0 fully saturated rings. The zero-order valence-electron chi connectivity index (χ0n) is 15.0. The number of nitrogens with one attached hydrogen (secondary N) is 2. The van der Waals surface area contributed by atoms with Crippen LogP contribution in [0.5, 0.6) is 17.2 Å². The number of fused-ring (bicyclic) bond motifs is 1. The van der Waals surface area contributed by atoms with Crippen LogP contribution in [0.25, 0.3) is 0 Å². The molecule has 0 saturated heterocycles. The van der Waals surface area contributed by atoms with Crippen LogP contribution in [-0.4, -0.2) is 46.0 Å². The first-order chi connectivity index (χ1) is 13.4. The minimum Gasteiger partial charge on any atom is -0.497 e. The van der Waals surface area contributed by atoms with Gasteiger partial charge < -0.3 is 24.6 Å². The zero-order chi connectivity index (χ0) is 20.1. The van der Waals surface area contributed by atoms with Gasteiger partial charge in [-0.2, -0.15) is 4.72 Å². The molecule has 0 aromatic heterocycles. The van der Waals surface area contributed by atoms with Crippen LogP contribution in [-0.2, 0) is 21.4 Å². The number of carbonyl (C=O) groups is 1. The topological polar surface area (TPSA) is 123 Å². The van der Waals surface area contributed by atoms with Gasteiger partial charge in [0.1, 0.15) is 11.8 Å². The highest BCUT2D eigenvalue weighted by Gasteiger charge is 2.25. The molecule has 1 heterocycles. The quantitative estimate of drug-likeness (QED) is 0.577. The van der Waals surface area contributed by atoms with Crippen LogP contribution < -0.4 is 24.2 Å². The van der Waals surface area contributed by atoms with E-state index in [-0.39, 0.29) is 18.2 Å². The van der Waals surface area contributed by atoms with Gasteiger partial charge in [-0.05, 0) is 42.0 Å². The molecular weight excluding hydrogens is 388 g/mol. The van der Waals surface area contributed by atoms with Gasteiger partial charge in [-0.25, -0.2) is 8.42 Å². The maximum atomic E-state index is 12.4. The summed E-state index contributed by atoms with van der Waals surface area (Å²) in [4.78, 5) is 12.3. The molecule has 0 bridgehead atoms. The van der Waals surface area contributed by atoms with E-state index in [1.54, 1.807) is 18.2 Å². The molecule has 10 heteroatoms. The number of amides is 1. The predicted octanol–water partition coefficient (Wildman–Crippen LogP) is 0.380. The van der Waals surface area contributed by atoms with Crippen LogP contribution >= 0.6 is 0 Å². The van der Waals surface area contributed by atoms with Gasteiger partial charge >= 0.3 is 0 Å². The normalized spacial score (nSPS) is 13.8. The van der Waals surface area contributed by atoms with Crippen molar-refractivity contribution in [1.29, 1.82) is 0 Å². The van der Waals surface area contributed by atoms with Gasteiger partial charge in [0.05, 0.1) is 18.6 Å². The average molecular weight is 408 g/mol. The van der Waals surface area contributed by atoms with E-state index in [4.69, 9.17) is 14.2 Å². The Kier molecular flexibility index (Phi) is 6.02. The maximum Gasteiger partial charge on any atom is 0.241 e. The first-order valence-electron chi connectivity index (χ1n) is 8.36. The van der Waals surface area contributed by atoms with Crippen LogP contribution in [0, 0.1) is 0 Å². The van der Waals surface area contributed by atoms with E-state index in [0.717, 1.165) is 5.56 Å². The highest BCUT2D eigenvalue weighted by Crippen LogP contribution is 2.32. The molecule has 0 radical (unpaired) electrons. The molecule has 9 nitrogen and oxygen atoms in total. The van der Waals surface area contributed by atoms with E-state index in [9.17, 15) is 18.3 Å². The van der Waals surface area contributed by atoms with Gasteiger partial charge in [0.15, 0.2) is 11.5 Å². The zero-order valence-corrected chi connectivity index (χ0v) is 15.9. The molecule has 1 aliphatic heterocycles. The second-order valence-electron chi connectivity index (χ2n) is 5.94. The molecular formula is C18H20N2O7S. The summed E-state index contributed by atoms with van der Waals surface area (Å²) in [5, 5.41) is 12.1. The van der Waals surface area contributed by atoms with E-state index in [2.05, 4.69) is 10.0 Å². The van der Waals surface area contributed by atoms with Crippen molar-refractivity contribution in [3.8, 4) is 17.2 Å². The van der Waals surface area contributed by atoms with Gasteiger partial charge in [-0.3, -0.25) is 4.79 Å². The lowest BCUT2D eigenvalue weighted by Crippen LogP contribution is -2.48. The third kappa shape index (κ3) is 4.53. The molecule has 2 aromatic rings. The SMILES string of the molecule is COc1ccc(S(=O)(=O)N[C@@H](CO)C(=O)NCc2ccc3c(c2)OCO3)cc1. The molecule has 28 heavy (non-hydrogen) atoms. The summed E-state index contributed by atoms with van der Waals surface area (Å²) >= 11 is 0. The number of ether oxygens (including phenoxy) is 3. The van der Waals surface area contributed by atoms with Crippen LogP contribution in [0.2, 0.25) is 0 Å². The number of rotatable bonds is 8. The summed E-state index contributed by atoms with van der Waals surface area (Å²) in [6.45, 7) is -0.413. The second kappa shape index (κ2) is 8.46. The number of hydrogen-bond donors (Lipinski definition) is 3. The predicted molar refractivity (Wildman–Crippen MR) is 98.6 cm³/mol. The Morgan fingerprint density at radius 1 is 1.18 bits per heavy atom. The van der Waals surface area contributed by atoms with E-state index in [1.165, 1.54) is 31.4 Å². The van der Waals surface area contributed by atoms with Crippen molar-refractivity contribution in [3.05, 3.63) is 48.0 Å². The van der Waals surface area contributed by atoms with Crippen LogP contribution in [0.4, 0.5) is 0 Å². The van der Waals surface area contributed by atoms with Crippen LogP contribution in [0.15, 0.2) is 47.4 Å². The van der Waals surface area contributed by atoms with Gasteiger partial charge in [0.2, 0.25) is 22.7 Å². The van der Waals surface area contributed by atoms with Crippen molar-refractivity contribution >= 4 is 15.9 Å². The molecule has 1 atom stereocenters. The Bertz CT molecular complexity index is 945. The minimum absolute atomic E-state index is 0.0460. The maximum absolute atomic E-state index is 12.4. The third-order valence-corrected chi connectivity index (χ3v) is 5.56. The monoisotopic (exact) mass is 408 g/mol. The van der Waals surface area contributed by atoms with Crippen molar-refractivity contribution in [1.82, 2.24) is 10.0 Å². The summed E-state index contributed by atoms with van der Waals surface area (Å²) in [5.41, 5.74) is 0.743. The van der Waals surface area contributed by atoms with Gasteiger partial charge in [-0.15, -0.1) is 0 Å². The number of carbonyl (C=O) groups excluding carboxylic acids is 1. The average Bonchev–Trinajstić information content (AvgIpc) is 3.18. The van der Waals surface area contributed by atoms with E-state index >= 15 is 0 Å². The molecule has 0 aliphatic carbocycles. The smallest absolute Gasteiger partial charge is 0.241 e. The molecule has 0 unspecified atom stereocenters. The minimum atomic E-state index is -4.00. The fourth-order valence-corrected chi connectivity index (χ4v) is 3.73. The first kappa shape index (κ1) is 19.9. The lowest BCUT2D eigenvalue weighted by atomic mass is 10.2. The van der Waals surface area contributed by atoms with Crippen molar-refractivity contribution in [2.24, 2.45) is 0 Å². The lowest BCUT2D eigenvalue weighted by Gasteiger charge is -2.16. The standard InChI is InChI=1S/C18H20N2O7S/c1-25-13-3-5-14(6-4-13)28(23,24)20-15(10-21)18(22)19-9-12-2-7-16-17(8-12)27-11-26-16/h2-8,15,20-21H,9-11H2,1H3,(H,19,22)/t15-/m0/s1. The number of hydrogen-bond acceptors (Lipinski definition) is 7. The summed E-state index contributed by atoms with van der Waals surface area (Å²) in [6, 6.07) is 9.53. The van der Waals surface area contributed by atoms with Crippen molar-refractivity contribution < 1.29 is 32.5 Å². The largest absolute Gasteiger partial charge is 0.497 e. The van der Waals surface area contributed by atoms with Gasteiger partial charge in [0, 0.05) is 6.54 Å². The highest BCUT2D eigenvalue weighted by molar-refractivity contribution is 7.89. The van der Waals surface area contributed by atoms with Crippen molar-refractivity contribution in [2.75, 3.05) is 20.5 Å². The van der Waals surface area contributed by atoms with Crippen LogP contribution in [0.3, 0.4) is 0 Å². The summed E-state index contributed by atoms with van der Waals surface area (Å²) in [7, 11) is -2.53. The Balaban J connectivity index is 1.62. The fraction of sp³-hybridized carbons (Fsp3) is 0.278.